The number of nitrogens with zero attached hydrogens (tertiary/aromatic N) is 1. The maximum atomic E-state index is 12.1. The largest absolute Gasteiger partial charge is 0.498 e. The summed E-state index contributed by atoms with van der Waals surface area (Å²) in [7, 11) is 4.41. The molecule has 4 aliphatic carbocycles. The van der Waals surface area contributed by atoms with Gasteiger partial charge in [-0.15, -0.1) is 0 Å². The van der Waals surface area contributed by atoms with Gasteiger partial charge in [-0.05, 0) is 106 Å². The number of carbonyl (C=O) groups is 1. The first-order chi connectivity index (χ1) is 16.7. The monoisotopic (exact) mass is 483 g/mol. The van der Waals surface area contributed by atoms with E-state index >= 15 is 0 Å². The standard InChI is InChI=1S/C31H49NO3/c1-7-9-18-35-24-14-16-31(4)27-15-17-30(3)23(11-13-29(33)34-8-2)10-12-26(30)25(27)19-22(21-32(5)6)28(31)20-24/h11,20,25-27H,7-10,12-19,21H2,1-6H3/t25-,26-,27-,30+,31+/m0/s1. The van der Waals surface area contributed by atoms with Crippen LogP contribution >= 0.6 is 0 Å². The van der Waals surface area contributed by atoms with Crippen molar-refractivity contribution in [1.82, 2.24) is 4.90 Å². The van der Waals surface area contributed by atoms with Crippen LogP contribution in [0.2, 0.25) is 0 Å². The lowest BCUT2D eigenvalue weighted by Gasteiger charge is -2.57. The third kappa shape index (κ3) is 5.15. The summed E-state index contributed by atoms with van der Waals surface area (Å²) in [5.74, 6) is 3.33. The van der Waals surface area contributed by atoms with E-state index < -0.39 is 0 Å². The fourth-order valence-electron chi connectivity index (χ4n) is 8.17. The Morgan fingerprint density at radius 2 is 1.89 bits per heavy atom. The van der Waals surface area contributed by atoms with Crippen LogP contribution in [0.5, 0.6) is 0 Å². The molecule has 4 rings (SSSR count). The zero-order valence-electron chi connectivity index (χ0n) is 23.3. The van der Waals surface area contributed by atoms with Crippen LogP contribution in [0.4, 0.5) is 0 Å². The SMILES string of the molecule is CCCCOC1=CC2=C(CN(C)C)C[C@@H]3[C@H](CC[C@]4(C)C(=CCC(=O)OCC)CC[C@@H]34)[C@@]2(C)CC1. The van der Waals surface area contributed by atoms with Crippen molar-refractivity contribution < 1.29 is 14.3 Å². The maximum Gasteiger partial charge on any atom is 0.309 e. The lowest BCUT2D eigenvalue weighted by molar-refractivity contribution is -0.142. The predicted octanol–water partition coefficient (Wildman–Crippen LogP) is 7.07. The molecule has 0 N–H and O–H groups in total. The van der Waals surface area contributed by atoms with E-state index in [-0.39, 0.29) is 16.8 Å². The summed E-state index contributed by atoms with van der Waals surface area (Å²) in [6.07, 6.45) is 15.9. The van der Waals surface area contributed by atoms with Gasteiger partial charge in [0, 0.05) is 13.0 Å². The number of fused-ring (bicyclic) bond motifs is 5. The van der Waals surface area contributed by atoms with Crippen molar-refractivity contribution in [1.29, 1.82) is 0 Å². The van der Waals surface area contributed by atoms with Crippen molar-refractivity contribution >= 4 is 5.97 Å². The number of allylic oxidation sites excluding steroid dienone is 4. The van der Waals surface area contributed by atoms with E-state index in [9.17, 15) is 4.79 Å². The molecule has 4 heteroatoms. The third-order valence-corrected chi connectivity index (χ3v) is 9.89. The first kappa shape index (κ1) is 26.5. The summed E-state index contributed by atoms with van der Waals surface area (Å²) >= 11 is 0. The molecule has 35 heavy (non-hydrogen) atoms. The molecule has 0 aromatic rings. The Kier molecular flexibility index (Phi) is 8.20. The number of hydrogen-bond donors (Lipinski definition) is 0. The van der Waals surface area contributed by atoms with Gasteiger partial charge in [0.1, 0.15) is 0 Å². The molecule has 0 aromatic carbocycles. The summed E-state index contributed by atoms with van der Waals surface area (Å²) in [5.41, 5.74) is 5.26. The zero-order chi connectivity index (χ0) is 25.2. The molecule has 0 radical (unpaired) electrons. The zero-order valence-corrected chi connectivity index (χ0v) is 23.3. The molecular weight excluding hydrogens is 434 g/mol. The molecule has 196 valence electrons. The molecule has 4 nitrogen and oxygen atoms in total. The minimum atomic E-state index is -0.0855. The number of likely N-dealkylation sites (N-methyl/N-ethyl adjacent to an activating group) is 1. The average molecular weight is 484 g/mol. The average Bonchev–Trinajstić information content (AvgIpc) is 3.15. The van der Waals surface area contributed by atoms with Crippen molar-refractivity contribution in [2.24, 2.45) is 28.6 Å². The molecular formula is C31H49NO3. The van der Waals surface area contributed by atoms with Crippen LogP contribution in [-0.4, -0.2) is 44.7 Å². The minimum absolute atomic E-state index is 0.0855. The number of carbonyl (C=O) groups excluding carboxylic acids is 1. The van der Waals surface area contributed by atoms with Crippen LogP contribution < -0.4 is 0 Å². The second-order valence-electron chi connectivity index (χ2n) is 12.3. The van der Waals surface area contributed by atoms with Crippen LogP contribution in [0.1, 0.15) is 91.9 Å². The van der Waals surface area contributed by atoms with E-state index in [1.165, 1.54) is 49.9 Å². The Hall–Kier alpha value is -1.55. The first-order valence-electron chi connectivity index (χ1n) is 14.3. The highest BCUT2D eigenvalue weighted by molar-refractivity contribution is 5.71. The topological polar surface area (TPSA) is 38.8 Å². The number of unbranched alkanes of at least 4 members (excludes halogenated alkanes) is 1. The van der Waals surface area contributed by atoms with E-state index in [0.29, 0.717) is 13.0 Å². The predicted molar refractivity (Wildman–Crippen MR) is 143 cm³/mol. The van der Waals surface area contributed by atoms with Crippen LogP contribution in [-0.2, 0) is 14.3 Å². The Balaban J connectivity index is 1.62. The molecule has 0 aliphatic heterocycles. The molecule has 0 heterocycles. The van der Waals surface area contributed by atoms with Crippen LogP contribution in [0.25, 0.3) is 0 Å². The fourth-order valence-corrected chi connectivity index (χ4v) is 8.17. The molecule has 0 saturated heterocycles. The van der Waals surface area contributed by atoms with Gasteiger partial charge in [0.05, 0.1) is 25.4 Å². The Labute approximate surface area is 214 Å². The van der Waals surface area contributed by atoms with Gasteiger partial charge in [0.2, 0.25) is 0 Å². The highest BCUT2D eigenvalue weighted by atomic mass is 16.5. The van der Waals surface area contributed by atoms with Gasteiger partial charge in [0.25, 0.3) is 0 Å². The second kappa shape index (κ2) is 10.8. The number of hydrogen-bond acceptors (Lipinski definition) is 4. The third-order valence-electron chi connectivity index (χ3n) is 9.89. The van der Waals surface area contributed by atoms with Gasteiger partial charge in [-0.1, -0.05) is 44.4 Å². The van der Waals surface area contributed by atoms with E-state index in [1.807, 2.05) is 6.92 Å². The summed E-state index contributed by atoms with van der Waals surface area (Å²) in [4.78, 5) is 14.4. The highest BCUT2D eigenvalue weighted by Crippen LogP contribution is 2.66. The Bertz CT molecular complexity index is 884. The quantitative estimate of drug-likeness (QED) is 0.200. The number of esters is 1. The molecule has 2 saturated carbocycles. The van der Waals surface area contributed by atoms with Crippen molar-refractivity contribution in [3.05, 3.63) is 34.6 Å². The van der Waals surface area contributed by atoms with Gasteiger partial charge in [-0.2, -0.15) is 0 Å². The molecule has 0 unspecified atom stereocenters. The summed E-state index contributed by atoms with van der Waals surface area (Å²) in [6, 6.07) is 0. The molecule has 0 bridgehead atoms. The minimum Gasteiger partial charge on any atom is -0.498 e. The molecule has 0 spiro atoms. The number of rotatable bonds is 9. The smallest absolute Gasteiger partial charge is 0.309 e. The fraction of sp³-hybridized carbons (Fsp3) is 0.774. The van der Waals surface area contributed by atoms with Gasteiger partial charge < -0.3 is 14.4 Å². The Morgan fingerprint density at radius 1 is 1.11 bits per heavy atom. The van der Waals surface area contributed by atoms with Gasteiger partial charge in [-0.25, -0.2) is 0 Å². The van der Waals surface area contributed by atoms with Crippen LogP contribution in [0.15, 0.2) is 34.6 Å². The van der Waals surface area contributed by atoms with Crippen molar-refractivity contribution in [2.75, 3.05) is 33.9 Å². The highest BCUT2D eigenvalue weighted by Gasteiger charge is 2.57. The molecule has 0 amide bonds. The maximum absolute atomic E-state index is 12.1. The van der Waals surface area contributed by atoms with Gasteiger partial charge >= 0.3 is 5.97 Å². The lowest BCUT2D eigenvalue weighted by Crippen LogP contribution is -2.49. The first-order valence-corrected chi connectivity index (χ1v) is 14.3. The Morgan fingerprint density at radius 3 is 2.60 bits per heavy atom. The lowest BCUT2D eigenvalue weighted by atomic mass is 9.47. The summed E-state index contributed by atoms with van der Waals surface area (Å²) in [6.45, 7) is 11.6. The van der Waals surface area contributed by atoms with Gasteiger partial charge in [0.15, 0.2) is 0 Å². The molecule has 2 fully saturated rings. The van der Waals surface area contributed by atoms with Crippen LogP contribution in [0.3, 0.4) is 0 Å². The van der Waals surface area contributed by atoms with Crippen LogP contribution in [0, 0.1) is 28.6 Å². The van der Waals surface area contributed by atoms with Crippen molar-refractivity contribution in [3.63, 3.8) is 0 Å². The summed E-state index contributed by atoms with van der Waals surface area (Å²) in [5, 5.41) is 0. The summed E-state index contributed by atoms with van der Waals surface area (Å²) < 4.78 is 11.4. The molecule has 5 atom stereocenters. The van der Waals surface area contributed by atoms with E-state index in [2.05, 4.69) is 51.9 Å². The number of ether oxygens (including phenoxy) is 2. The van der Waals surface area contributed by atoms with E-state index in [1.54, 1.807) is 11.1 Å². The second-order valence-corrected chi connectivity index (χ2v) is 12.3. The normalized spacial score (nSPS) is 35.5. The van der Waals surface area contributed by atoms with Gasteiger partial charge in [-0.3, -0.25) is 4.79 Å². The molecule has 0 aromatic heterocycles. The van der Waals surface area contributed by atoms with E-state index in [0.717, 1.165) is 50.2 Å². The van der Waals surface area contributed by atoms with Crippen molar-refractivity contribution in [3.8, 4) is 0 Å². The van der Waals surface area contributed by atoms with E-state index in [4.69, 9.17) is 9.47 Å². The van der Waals surface area contributed by atoms with Crippen molar-refractivity contribution in [2.45, 2.75) is 91.9 Å². The molecule has 4 aliphatic rings.